The van der Waals surface area contributed by atoms with Crippen LogP contribution >= 0.6 is 0 Å². The van der Waals surface area contributed by atoms with Crippen molar-refractivity contribution in [3.8, 4) is 5.75 Å². The summed E-state index contributed by atoms with van der Waals surface area (Å²) in [7, 11) is 3.54. The summed E-state index contributed by atoms with van der Waals surface area (Å²) in [6, 6.07) is 7.56. The normalized spacial score (nSPS) is 17.2. The molecule has 1 heterocycles. The van der Waals surface area contributed by atoms with E-state index in [2.05, 4.69) is 0 Å². The van der Waals surface area contributed by atoms with Gasteiger partial charge in [-0.05, 0) is 19.2 Å². The quantitative estimate of drug-likeness (QED) is 0.721. The second-order valence-corrected chi connectivity index (χ2v) is 3.65. The maximum absolute atomic E-state index is 11.7. The Morgan fingerprint density at radius 1 is 1.33 bits per heavy atom. The molecule has 1 saturated heterocycles. The van der Waals surface area contributed by atoms with Crippen molar-refractivity contribution in [2.24, 2.45) is 0 Å². The van der Waals surface area contributed by atoms with Crippen molar-refractivity contribution in [1.82, 2.24) is 4.90 Å². The van der Waals surface area contributed by atoms with Crippen LogP contribution in [-0.4, -0.2) is 38.2 Å². The fourth-order valence-electron chi connectivity index (χ4n) is 1.75. The Morgan fingerprint density at radius 2 is 2.07 bits per heavy atom. The molecule has 1 fully saturated rings. The van der Waals surface area contributed by atoms with Crippen molar-refractivity contribution in [2.45, 2.75) is 0 Å². The van der Waals surface area contributed by atoms with E-state index in [-0.39, 0.29) is 5.91 Å². The van der Waals surface area contributed by atoms with Gasteiger partial charge in [-0.1, -0.05) is 12.1 Å². The van der Waals surface area contributed by atoms with E-state index in [9.17, 15) is 4.79 Å². The lowest BCUT2D eigenvalue weighted by atomic mass is 10.2. The van der Waals surface area contributed by atoms with Gasteiger partial charge in [-0.3, -0.25) is 14.6 Å². The molecule has 0 saturated carbocycles. The minimum absolute atomic E-state index is 0.113. The first-order chi connectivity index (χ1) is 7.22. The molecule has 0 aromatic heterocycles. The van der Waals surface area contributed by atoms with Crippen LogP contribution < -0.4 is 9.64 Å². The summed E-state index contributed by atoms with van der Waals surface area (Å²) in [6.07, 6.45) is 0. The van der Waals surface area contributed by atoms with Gasteiger partial charge >= 0.3 is 0 Å². The number of rotatable bonds is 2. The monoisotopic (exact) mass is 206 g/mol. The Labute approximate surface area is 89.0 Å². The van der Waals surface area contributed by atoms with Gasteiger partial charge in [-0.2, -0.15) is 0 Å². The molecule has 0 spiro atoms. The number of ether oxygens (including phenoxy) is 1. The predicted octanol–water partition coefficient (Wildman–Crippen LogP) is 0.931. The summed E-state index contributed by atoms with van der Waals surface area (Å²) >= 11 is 0. The Kier molecular flexibility index (Phi) is 2.60. The van der Waals surface area contributed by atoms with Gasteiger partial charge in [0, 0.05) is 0 Å². The number of nitrogens with zero attached hydrogens (tertiary/aromatic N) is 2. The highest BCUT2D eigenvalue weighted by Crippen LogP contribution is 2.29. The van der Waals surface area contributed by atoms with Gasteiger partial charge in [-0.25, -0.2) is 0 Å². The third-order valence-electron chi connectivity index (χ3n) is 2.47. The molecule has 0 unspecified atom stereocenters. The molecular formula is C11H14N2O2. The van der Waals surface area contributed by atoms with Gasteiger partial charge in [0.05, 0.1) is 26.0 Å². The highest BCUT2D eigenvalue weighted by Gasteiger charge is 2.27. The zero-order valence-corrected chi connectivity index (χ0v) is 8.93. The molecule has 0 radical (unpaired) electrons. The van der Waals surface area contributed by atoms with Crippen LogP contribution in [0.4, 0.5) is 5.69 Å². The Bertz CT molecular complexity index is 379. The van der Waals surface area contributed by atoms with Gasteiger partial charge < -0.3 is 4.74 Å². The lowest BCUT2D eigenvalue weighted by Crippen LogP contribution is -2.26. The van der Waals surface area contributed by atoms with Crippen molar-refractivity contribution in [3.63, 3.8) is 0 Å². The van der Waals surface area contributed by atoms with Gasteiger partial charge in [0.15, 0.2) is 0 Å². The van der Waals surface area contributed by atoms with E-state index >= 15 is 0 Å². The topological polar surface area (TPSA) is 32.8 Å². The number of amides is 1. The number of anilines is 1. The average Bonchev–Trinajstić information content (AvgIpc) is 2.57. The van der Waals surface area contributed by atoms with Crippen LogP contribution in [0.2, 0.25) is 0 Å². The lowest BCUT2D eigenvalue weighted by molar-refractivity contribution is -0.116. The number of methoxy groups -OCH3 is 1. The Hall–Kier alpha value is -1.55. The van der Waals surface area contributed by atoms with E-state index in [1.54, 1.807) is 12.0 Å². The van der Waals surface area contributed by atoms with Crippen molar-refractivity contribution in [1.29, 1.82) is 0 Å². The SMILES string of the molecule is COc1ccccc1N1CN(C)CC1=O. The molecule has 0 atom stereocenters. The van der Waals surface area contributed by atoms with Crippen molar-refractivity contribution >= 4 is 11.6 Å². The summed E-state index contributed by atoms with van der Waals surface area (Å²) < 4.78 is 5.23. The number of hydrogen-bond donors (Lipinski definition) is 0. The Balaban J connectivity index is 2.33. The molecule has 1 aliphatic heterocycles. The van der Waals surface area contributed by atoms with Crippen LogP contribution in [0.5, 0.6) is 5.75 Å². The average molecular weight is 206 g/mol. The highest BCUT2D eigenvalue weighted by molar-refractivity contribution is 5.97. The van der Waals surface area contributed by atoms with Gasteiger partial charge in [0.25, 0.3) is 0 Å². The molecule has 2 rings (SSSR count). The smallest absolute Gasteiger partial charge is 0.242 e. The summed E-state index contributed by atoms with van der Waals surface area (Å²) in [5.41, 5.74) is 0.842. The molecule has 1 aromatic rings. The summed E-state index contributed by atoms with van der Waals surface area (Å²) in [5, 5.41) is 0. The van der Waals surface area contributed by atoms with Crippen molar-refractivity contribution in [3.05, 3.63) is 24.3 Å². The summed E-state index contributed by atoms with van der Waals surface area (Å²) in [6.45, 7) is 1.09. The molecule has 1 aromatic carbocycles. The minimum atomic E-state index is 0.113. The maximum atomic E-state index is 11.7. The molecule has 0 aliphatic carbocycles. The first kappa shape index (κ1) is 9.98. The molecule has 15 heavy (non-hydrogen) atoms. The van der Waals surface area contributed by atoms with E-state index in [4.69, 9.17) is 4.74 Å². The van der Waals surface area contributed by atoms with Crippen LogP contribution in [0, 0.1) is 0 Å². The van der Waals surface area contributed by atoms with Crippen LogP contribution in [0.15, 0.2) is 24.3 Å². The molecule has 4 nitrogen and oxygen atoms in total. The highest BCUT2D eigenvalue weighted by atomic mass is 16.5. The van der Waals surface area contributed by atoms with Crippen molar-refractivity contribution < 1.29 is 9.53 Å². The standard InChI is InChI=1S/C11H14N2O2/c1-12-7-11(14)13(8-12)9-5-3-4-6-10(9)15-2/h3-6H,7-8H2,1-2H3. The largest absolute Gasteiger partial charge is 0.495 e. The third-order valence-corrected chi connectivity index (χ3v) is 2.47. The minimum Gasteiger partial charge on any atom is -0.495 e. The van der Waals surface area contributed by atoms with Gasteiger partial charge in [0.1, 0.15) is 5.75 Å². The maximum Gasteiger partial charge on any atom is 0.242 e. The lowest BCUT2D eigenvalue weighted by Gasteiger charge is -2.18. The second-order valence-electron chi connectivity index (χ2n) is 3.65. The molecule has 80 valence electrons. The zero-order valence-electron chi connectivity index (χ0n) is 8.93. The summed E-state index contributed by atoms with van der Waals surface area (Å²) in [5.74, 6) is 0.850. The number of para-hydroxylation sites is 2. The predicted molar refractivity (Wildman–Crippen MR) is 58.0 cm³/mol. The molecule has 0 N–H and O–H groups in total. The number of benzene rings is 1. The number of hydrogen-bond acceptors (Lipinski definition) is 3. The van der Waals surface area contributed by atoms with Gasteiger partial charge in [0.2, 0.25) is 5.91 Å². The molecule has 4 heteroatoms. The van der Waals surface area contributed by atoms with E-state index in [1.807, 2.05) is 36.2 Å². The van der Waals surface area contributed by atoms with Crippen LogP contribution in [-0.2, 0) is 4.79 Å². The molecular weight excluding hydrogens is 192 g/mol. The first-order valence-corrected chi connectivity index (χ1v) is 4.84. The van der Waals surface area contributed by atoms with E-state index < -0.39 is 0 Å². The molecule has 0 bridgehead atoms. The van der Waals surface area contributed by atoms with E-state index in [0.29, 0.717) is 13.2 Å². The zero-order chi connectivity index (χ0) is 10.8. The molecule has 1 aliphatic rings. The van der Waals surface area contributed by atoms with E-state index in [0.717, 1.165) is 11.4 Å². The Morgan fingerprint density at radius 3 is 2.67 bits per heavy atom. The summed E-state index contributed by atoms with van der Waals surface area (Å²) in [4.78, 5) is 15.4. The van der Waals surface area contributed by atoms with E-state index in [1.165, 1.54) is 0 Å². The first-order valence-electron chi connectivity index (χ1n) is 4.84. The van der Waals surface area contributed by atoms with Gasteiger partial charge in [-0.15, -0.1) is 0 Å². The fourth-order valence-corrected chi connectivity index (χ4v) is 1.75. The number of likely N-dealkylation sites (N-methyl/N-ethyl adjacent to an activating group) is 1. The fraction of sp³-hybridized carbons (Fsp3) is 0.364. The number of carbonyl (C=O) groups is 1. The van der Waals surface area contributed by atoms with Crippen LogP contribution in [0.3, 0.4) is 0 Å². The van der Waals surface area contributed by atoms with Crippen molar-refractivity contribution in [2.75, 3.05) is 32.3 Å². The van der Waals surface area contributed by atoms with Crippen LogP contribution in [0.1, 0.15) is 0 Å². The molecule has 1 amide bonds. The van der Waals surface area contributed by atoms with Crippen LogP contribution in [0.25, 0.3) is 0 Å². The number of carbonyl (C=O) groups excluding carboxylic acids is 1. The second kappa shape index (κ2) is 3.90. The third kappa shape index (κ3) is 1.80.